The van der Waals surface area contributed by atoms with Gasteiger partial charge in [0, 0.05) is 18.2 Å². The molecule has 0 bridgehead atoms. The smallest absolute Gasteiger partial charge is 0.408 e. The Kier molecular flexibility index (Phi) is 9.44. The standard InChI is InChI=1S/C30H40N4O6/c1-17-8-7-9-18(2)25(17)33-27(37)26(20-10-14-23(35)19(3)16-20)34(21-11-12-21)28(38)22(13-15-24(31)36)32-29(39)40-30(4,5)6/h7-10,14,16,21-22,26,35H,11-13,15H2,1-6H3,(H2,31,36)(H,32,39)(H,33,37). The summed E-state index contributed by atoms with van der Waals surface area (Å²) in [6, 6.07) is 7.95. The molecular formula is C30H40N4O6. The number of nitrogens with zero attached hydrogens (tertiary/aromatic N) is 1. The molecule has 2 aromatic rings. The first-order valence-electron chi connectivity index (χ1n) is 13.4. The van der Waals surface area contributed by atoms with Gasteiger partial charge in [-0.2, -0.15) is 0 Å². The lowest BCUT2D eigenvalue weighted by atomic mass is 9.98. The van der Waals surface area contributed by atoms with Gasteiger partial charge in [0.2, 0.25) is 11.8 Å². The molecule has 0 heterocycles. The lowest BCUT2D eigenvalue weighted by Crippen LogP contribution is -2.53. The maximum atomic E-state index is 14.2. The van der Waals surface area contributed by atoms with Crippen molar-refractivity contribution in [3.05, 3.63) is 58.7 Å². The van der Waals surface area contributed by atoms with E-state index in [1.54, 1.807) is 39.8 Å². The molecule has 0 spiro atoms. The molecule has 2 aromatic carbocycles. The van der Waals surface area contributed by atoms with Crippen LogP contribution in [0.5, 0.6) is 5.75 Å². The van der Waals surface area contributed by atoms with Crippen LogP contribution in [0.25, 0.3) is 0 Å². The SMILES string of the molecule is Cc1cc(C(C(=O)Nc2c(C)cccc2C)N(C(=O)C(CCC(N)=O)NC(=O)OC(C)(C)C)C2CC2)ccc1O. The number of phenols is 1. The zero-order valence-corrected chi connectivity index (χ0v) is 24.0. The average molecular weight is 553 g/mol. The maximum absolute atomic E-state index is 14.2. The topological polar surface area (TPSA) is 151 Å². The highest BCUT2D eigenvalue weighted by atomic mass is 16.6. The molecule has 1 fully saturated rings. The minimum Gasteiger partial charge on any atom is -0.508 e. The number of rotatable bonds is 10. The second kappa shape index (κ2) is 12.4. The van der Waals surface area contributed by atoms with Gasteiger partial charge in [-0.15, -0.1) is 0 Å². The number of phenolic OH excluding ortho intramolecular Hbond substituents is 1. The Balaban J connectivity index is 2.05. The number of hydrogen-bond donors (Lipinski definition) is 4. The number of nitrogens with one attached hydrogen (secondary N) is 2. The van der Waals surface area contributed by atoms with Crippen LogP contribution in [0.4, 0.5) is 10.5 Å². The zero-order chi connectivity index (χ0) is 29.8. The number of anilines is 1. The molecule has 216 valence electrons. The third-order valence-electron chi connectivity index (χ3n) is 6.66. The molecule has 0 saturated heterocycles. The first-order chi connectivity index (χ1) is 18.7. The molecule has 1 aliphatic carbocycles. The quantitative estimate of drug-likeness (QED) is 0.348. The van der Waals surface area contributed by atoms with Crippen molar-refractivity contribution in [2.45, 2.75) is 91.0 Å². The highest BCUT2D eigenvalue weighted by Crippen LogP contribution is 2.37. The van der Waals surface area contributed by atoms with Crippen LogP contribution in [-0.4, -0.2) is 51.5 Å². The molecule has 10 nitrogen and oxygen atoms in total. The van der Waals surface area contributed by atoms with E-state index < -0.39 is 41.5 Å². The molecular weight excluding hydrogens is 512 g/mol. The fraction of sp³-hybridized carbons (Fsp3) is 0.467. The molecule has 3 rings (SSSR count). The summed E-state index contributed by atoms with van der Waals surface area (Å²) in [5, 5.41) is 15.8. The third kappa shape index (κ3) is 7.97. The molecule has 5 N–H and O–H groups in total. The summed E-state index contributed by atoms with van der Waals surface area (Å²) in [7, 11) is 0. The van der Waals surface area contributed by atoms with E-state index in [4.69, 9.17) is 10.5 Å². The van der Waals surface area contributed by atoms with Crippen molar-refractivity contribution in [1.29, 1.82) is 0 Å². The summed E-state index contributed by atoms with van der Waals surface area (Å²) in [6.07, 6.45) is 0.317. The Bertz CT molecular complexity index is 1260. The van der Waals surface area contributed by atoms with E-state index in [-0.39, 0.29) is 24.6 Å². The van der Waals surface area contributed by atoms with Crippen LogP contribution in [0.1, 0.15) is 74.8 Å². The number of benzene rings is 2. The van der Waals surface area contributed by atoms with Crippen molar-refractivity contribution in [1.82, 2.24) is 10.2 Å². The molecule has 0 radical (unpaired) electrons. The molecule has 0 aromatic heterocycles. The van der Waals surface area contributed by atoms with Gasteiger partial charge in [-0.3, -0.25) is 14.4 Å². The Morgan fingerprint density at radius 1 is 1.05 bits per heavy atom. The van der Waals surface area contributed by atoms with Crippen LogP contribution in [0.15, 0.2) is 36.4 Å². The van der Waals surface area contributed by atoms with Gasteiger partial charge in [0.15, 0.2) is 0 Å². The normalized spacial score (nSPS) is 14.6. The van der Waals surface area contributed by atoms with Crippen LogP contribution >= 0.6 is 0 Å². The number of aromatic hydroxyl groups is 1. The van der Waals surface area contributed by atoms with Crippen LogP contribution in [0.3, 0.4) is 0 Å². The number of ether oxygens (including phenoxy) is 1. The monoisotopic (exact) mass is 552 g/mol. The highest BCUT2D eigenvalue weighted by molar-refractivity contribution is 6.00. The number of nitrogens with two attached hydrogens (primary N) is 1. The van der Waals surface area contributed by atoms with Gasteiger partial charge >= 0.3 is 6.09 Å². The third-order valence-corrected chi connectivity index (χ3v) is 6.66. The van der Waals surface area contributed by atoms with E-state index in [0.717, 1.165) is 11.1 Å². The van der Waals surface area contributed by atoms with Crippen molar-refractivity contribution in [3.63, 3.8) is 0 Å². The number of para-hydroxylation sites is 1. The van der Waals surface area contributed by atoms with Crippen molar-refractivity contribution in [2.24, 2.45) is 5.73 Å². The van der Waals surface area contributed by atoms with Crippen molar-refractivity contribution in [2.75, 3.05) is 5.32 Å². The molecule has 1 aliphatic rings. The van der Waals surface area contributed by atoms with Crippen molar-refractivity contribution in [3.8, 4) is 5.75 Å². The Labute approximate surface area is 235 Å². The first kappa shape index (κ1) is 30.5. The van der Waals surface area contributed by atoms with Gasteiger partial charge < -0.3 is 31.1 Å². The van der Waals surface area contributed by atoms with E-state index in [0.29, 0.717) is 29.7 Å². The van der Waals surface area contributed by atoms with Gasteiger partial charge in [-0.05, 0) is 95.2 Å². The van der Waals surface area contributed by atoms with Gasteiger partial charge in [0.05, 0.1) is 0 Å². The van der Waals surface area contributed by atoms with Gasteiger partial charge in [-0.25, -0.2) is 4.79 Å². The average Bonchev–Trinajstić information content (AvgIpc) is 3.68. The Hall–Kier alpha value is -4.08. The Morgan fingerprint density at radius 2 is 1.68 bits per heavy atom. The number of aryl methyl sites for hydroxylation is 3. The summed E-state index contributed by atoms with van der Waals surface area (Å²) in [5.41, 5.74) is 7.99. The second-order valence-corrected chi connectivity index (χ2v) is 11.4. The number of hydrogen-bond acceptors (Lipinski definition) is 6. The molecule has 0 aliphatic heterocycles. The number of amides is 4. The van der Waals surface area contributed by atoms with Crippen LogP contribution in [0, 0.1) is 20.8 Å². The summed E-state index contributed by atoms with van der Waals surface area (Å²) < 4.78 is 5.36. The van der Waals surface area contributed by atoms with Gasteiger partial charge in [-0.1, -0.05) is 24.3 Å². The van der Waals surface area contributed by atoms with Crippen LogP contribution in [0.2, 0.25) is 0 Å². The predicted molar refractivity (Wildman–Crippen MR) is 152 cm³/mol. The van der Waals surface area contributed by atoms with E-state index in [2.05, 4.69) is 10.6 Å². The van der Waals surface area contributed by atoms with Gasteiger partial charge in [0.1, 0.15) is 23.4 Å². The van der Waals surface area contributed by atoms with E-state index in [1.807, 2.05) is 32.0 Å². The maximum Gasteiger partial charge on any atom is 0.408 e. The minimum atomic E-state index is -1.16. The van der Waals surface area contributed by atoms with Crippen LogP contribution < -0.4 is 16.4 Å². The minimum absolute atomic E-state index is 0.0591. The highest BCUT2D eigenvalue weighted by Gasteiger charge is 2.44. The molecule has 40 heavy (non-hydrogen) atoms. The number of carbonyl (C=O) groups is 4. The summed E-state index contributed by atoms with van der Waals surface area (Å²) in [5.74, 6) is -1.52. The molecule has 2 unspecified atom stereocenters. The van der Waals surface area contributed by atoms with E-state index in [9.17, 15) is 24.3 Å². The van der Waals surface area contributed by atoms with Gasteiger partial charge in [0.25, 0.3) is 5.91 Å². The fourth-order valence-corrected chi connectivity index (χ4v) is 4.53. The second-order valence-electron chi connectivity index (χ2n) is 11.4. The molecule has 2 atom stereocenters. The number of primary amides is 1. The number of carbonyl (C=O) groups excluding carboxylic acids is 4. The Morgan fingerprint density at radius 3 is 2.20 bits per heavy atom. The zero-order valence-electron chi connectivity index (χ0n) is 24.0. The lowest BCUT2D eigenvalue weighted by molar-refractivity contribution is -0.141. The summed E-state index contributed by atoms with van der Waals surface area (Å²) in [6.45, 7) is 10.6. The van der Waals surface area contributed by atoms with Crippen LogP contribution in [-0.2, 0) is 19.1 Å². The largest absolute Gasteiger partial charge is 0.508 e. The fourth-order valence-electron chi connectivity index (χ4n) is 4.53. The van der Waals surface area contributed by atoms with Crippen molar-refractivity contribution >= 4 is 29.5 Å². The van der Waals surface area contributed by atoms with E-state index >= 15 is 0 Å². The molecule has 10 heteroatoms. The first-order valence-corrected chi connectivity index (χ1v) is 13.4. The number of alkyl carbamates (subject to hydrolysis) is 1. The summed E-state index contributed by atoms with van der Waals surface area (Å²) >= 11 is 0. The van der Waals surface area contributed by atoms with E-state index in [1.165, 1.54) is 11.0 Å². The predicted octanol–water partition coefficient (Wildman–Crippen LogP) is 4.15. The summed E-state index contributed by atoms with van der Waals surface area (Å²) in [4.78, 5) is 54.0. The molecule has 4 amide bonds. The van der Waals surface area contributed by atoms with Crippen molar-refractivity contribution < 1.29 is 29.0 Å². The molecule has 1 saturated carbocycles. The lowest BCUT2D eigenvalue weighted by Gasteiger charge is -2.35.